The number of hydrogen-bond donors (Lipinski definition) is 0. The number of hydrogen-bond acceptors (Lipinski definition) is 1. The first-order valence-electron chi connectivity index (χ1n) is 3.69. The van der Waals surface area contributed by atoms with E-state index in [1.54, 1.807) is 4.90 Å². The van der Waals surface area contributed by atoms with Gasteiger partial charge in [0.15, 0.2) is 0 Å². The number of amides is 1. The molecule has 4 heteroatoms. The van der Waals surface area contributed by atoms with Crippen LogP contribution < -0.4 is 0 Å². The lowest BCUT2D eigenvalue weighted by atomic mass is 10.1. The molecule has 2 unspecified atom stereocenters. The lowest BCUT2D eigenvalue weighted by Crippen LogP contribution is -2.26. The van der Waals surface area contributed by atoms with Gasteiger partial charge < -0.3 is 4.90 Å². The van der Waals surface area contributed by atoms with Crippen molar-refractivity contribution in [3.05, 3.63) is 0 Å². The zero-order valence-corrected chi connectivity index (χ0v) is 7.90. The molecule has 1 aliphatic rings. The van der Waals surface area contributed by atoms with Gasteiger partial charge in [0, 0.05) is 24.9 Å². The van der Waals surface area contributed by atoms with Gasteiger partial charge >= 0.3 is 0 Å². The van der Waals surface area contributed by atoms with Gasteiger partial charge in [-0.25, -0.2) is 0 Å². The first-order valence-corrected chi connectivity index (χ1v) is 4.66. The van der Waals surface area contributed by atoms with Crippen molar-refractivity contribution in [1.29, 1.82) is 0 Å². The third-order valence-corrected chi connectivity index (χ3v) is 2.94. The van der Waals surface area contributed by atoms with Crippen LogP contribution in [0.5, 0.6) is 0 Å². The van der Waals surface area contributed by atoms with Crippen LogP contribution in [0.2, 0.25) is 0 Å². The summed E-state index contributed by atoms with van der Waals surface area (Å²) >= 11 is 11.5. The van der Waals surface area contributed by atoms with Crippen molar-refractivity contribution < 1.29 is 4.79 Å². The maximum atomic E-state index is 11.2. The Morgan fingerprint density at radius 1 is 1.73 bits per heavy atom. The molecule has 1 saturated heterocycles. The molecule has 0 N–H and O–H groups in total. The predicted molar refractivity (Wildman–Crippen MR) is 46.1 cm³/mol. The molecule has 0 spiro atoms. The topological polar surface area (TPSA) is 20.3 Å². The van der Waals surface area contributed by atoms with Crippen molar-refractivity contribution in [1.82, 2.24) is 4.90 Å². The molecule has 0 aromatic rings. The first kappa shape index (κ1) is 9.14. The number of halogens is 2. The van der Waals surface area contributed by atoms with Crippen molar-refractivity contribution in [2.24, 2.45) is 5.92 Å². The largest absolute Gasteiger partial charge is 0.341 e. The fourth-order valence-corrected chi connectivity index (χ4v) is 1.93. The predicted octanol–water partition coefficient (Wildman–Crippen LogP) is 1.31. The Morgan fingerprint density at radius 3 is 2.64 bits per heavy atom. The minimum atomic E-state index is -0.396. The molecule has 0 radical (unpaired) electrons. The Labute approximate surface area is 76.5 Å². The third-order valence-electron chi connectivity index (χ3n) is 2.00. The molecule has 2 nitrogen and oxygen atoms in total. The summed E-state index contributed by atoms with van der Waals surface area (Å²) in [6.45, 7) is 3.39. The smallest absolute Gasteiger partial charge is 0.241 e. The van der Waals surface area contributed by atoms with Gasteiger partial charge in [0.05, 0.1) is 0 Å². The molecule has 0 aliphatic carbocycles. The first-order chi connectivity index (χ1) is 5.20. The van der Waals surface area contributed by atoms with Crippen molar-refractivity contribution in [2.75, 3.05) is 19.0 Å². The summed E-state index contributed by atoms with van der Waals surface area (Å²) in [6.07, 6.45) is 0. The Kier molecular flexibility index (Phi) is 3.02. The summed E-state index contributed by atoms with van der Waals surface area (Å²) in [5.74, 6) is 0.627. The Morgan fingerprint density at radius 2 is 2.36 bits per heavy atom. The zero-order valence-electron chi connectivity index (χ0n) is 6.39. The number of alkyl halides is 2. The van der Waals surface area contributed by atoms with Crippen LogP contribution in [0.4, 0.5) is 0 Å². The van der Waals surface area contributed by atoms with E-state index in [-0.39, 0.29) is 11.8 Å². The van der Waals surface area contributed by atoms with Gasteiger partial charge in [0.25, 0.3) is 0 Å². The van der Waals surface area contributed by atoms with Crippen molar-refractivity contribution >= 4 is 29.1 Å². The number of rotatable bonds is 2. The number of carbonyl (C=O) groups is 1. The van der Waals surface area contributed by atoms with Crippen molar-refractivity contribution in [3.63, 3.8) is 0 Å². The van der Waals surface area contributed by atoms with E-state index in [2.05, 4.69) is 0 Å². The normalized spacial score (nSPS) is 31.5. The Hall–Kier alpha value is 0.0500. The van der Waals surface area contributed by atoms with E-state index in [1.807, 2.05) is 6.92 Å². The van der Waals surface area contributed by atoms with Crippen LogP contribution in [0.1, 0.15) is 6.92 Å². The molecule has 0 aromatic heterocycles. The highest BCUT2D eigenvalue weighted by atomic mass is 35.5. The third kappa shape index (κ3) is 1.62. The molecule has 0 aromatic carbocycles. The minimum Gasteiger partial charge on any atom is -0.341 e. The minimum absolute atomic E-state index is 0.0276. The Balaban J connectivity index is 2.61. The second-order valence-electron chi connectivity index (χ2n) is 2.69. The summed E-state index contributed by atoms with van der Waals surface area (Å²) < 4.78 is 0. The lowest BCUT2D eigenvalue weighted by Gasteiger charge is -2.11. The van der Waals surface area contributed by atoms with E-state index in [1.165, 1.54) is 0 Å². The summed E-state index contributed by atoms with van der Waals surface area (Å²) in [4.78, 5) is 13.0. The van der Waals surface area contributed by atoms with Crippen LogP contribution in [0.3, 0.4) is 0 Å². The van der Waals surface area contributed by atoms with E-state index in [4.69, 9.17) is 23.2 Å². The standard InChI is InChI=1S/C7H11Cl2NO/c1-2-10-4-5(3-8)6(9)7(10)11/h5-6H,2-4H2,1H3. The summed E-state index contributed by atoms with van der Waals surface area (Å²) in [7, 11) is 0. The fourth-order valence-electron chi connectivity index (χ4n) is 1.25. The molecule has 1 aliphatic heterocycles. The van der Waals surface area contributed by atoms with Crippen molar-refractivity contribution in [3.8, 4) is 0 Å². The molecule has 2 atom stereocenters. The maximum Gasteiger partial charge on any atom is 0.241 e. The quantitative estimate of drug-likeness (QED) is 0.609. The van der Waals surface area contributed by atoms with Crippen LogP contribution in [0, 0.1) is 5.92 Å². The van der Waals surface area contributed by atoms with E-state index in [9.17, 15) is 4.79 Å². The van der Waals surface area contributed by atoms with Crippen LogP contribution in [-0.2, 0) is 4.79 Å². The van der Waals surface area contributed by atoms with E-state index >= 15 is 0 Å². The zero-order chi connectivity index (χ0) is 8.43. The van der Waals surface area contributed by atoms with Gasteiger partial charge in [-0.2, -0.15) is 0 Å². The molecule has 1 fully saturated rings. The highest BCUT2D eigenvalue weighted by Crippen LogP contribution is 2.23. The maximum absolute atomic E-state index is 11.2. The molecule has 1 heterocycles. The van der Waals surface area contributed by atoms with Crippen LogP contribution in [-0.4, -0.2) is 35.2 Å². The fraction of sp³-hybridized carbons (Fsp3) is 0.857. The van der Waals surface area contributed by atoms with Crippen LogP contribution >= 0.6 is 23.2 Å². The molecule has 0 bridgehead atoms. The average molecular weight is 196 g/mol. The molecule has 11 heavy (non-hydrogen) atoms. The van der Waals surface area contributed by atoms with Crippen LogP contribution in [0.15, 0.2) is 0 Å². The lowest BCUT2D eigenvalue weighted by molar-refractivity contribution is -0.127. The number of carbonyl (C=O) groups excluding carboxylic acids is 1. The highest BCUT2D eigenvalue weighted by molar-refractivity contribution is 6.32. The molecular formula is C7H11Cl2NO. The second-order valence-corrected chi connectivity index (χ2v) is 3.47. The molecule has 1 amide bonds. The second kappa shape index (κ2) is 3.63. The van der Waals surface area contributed by atoms with E-state index < -0.39 is 5.38 Å². The van der Waals surface area contributed by atoms with Gasteiger partial charge in [0.1, 0.15) is 5.38 Å². The van der Waals surface area contributed by atoms with Gasteiger partial charge in [-0.15, -0.1) is 23.2 Å². The van der Waals surface area contributed by atoms with E-state index in [0.717, 1.165) is 6.54 Å². The summed E-state index contributed by atoms with van der Waals surface area (Å²) in [5.41, 5.74) is 0. The number of nitrogens with zero attached hydrogens (tertiary/aromatic N) is 1. The van der Waals surface area contributed by atoms with Gasteiger partial charge in [-0.05, 0) is 6.92 Å². The highest BCUT2D eigenvalue weighted by Gasteiger charge is 2.37. The molecule has 64 valence electrons. The average Bonchev–Trinajstić information content (AvgIpc) is 2.30. The van der Waals surface area contributed by atoms with Gasteiger partial charge in [-0.3, -0.25) is 4.79 Å². The SMILES string of the molecule is CCN1CC(CCl)C(Cl)C1=O. The number of likely N-dealkylation sites (tertiary alicyclic amines) is 1. The monoisotopic (exact) mass is 195 g/mol. The van der Waals surface area contributed by atoms with Gasteiger partial charge in [0.2, 0.25) is 5.91 Å². The molecule has 1 rings (SSSR count). The van der Waals surface area contributed by atoms with Crippen molar-refractivity contribution in [2.45, 2.75) is 12.3 Å². The summed E-state index contributed by atoms with van der Waals surface area (Å²) in [5, 5.41) is -0.396. The van der Waals surface area contributed by atoms with E-state index in [0.29, 0.717) is 12.4 Å². The Bertz CT molecular complexity index is 159. The van der Waals surface area contributed by atoms with Crippen LogP contribution in [0.25, 0.3) is 0 Å². The van der Waals surface area contributed by atoms with Gasteiger partial charge in [-0.1, -0.05) is 0 Å². The summed E-state index contributed by atoms with van der Waals surface area (Å²) in [6, 6.07) is 0. The molecule has 0 saturated carbocycles. The molecular weight excluding hydrogens is 185 g/mol.